The standard InChI is InChI=1S/C12H13N3O2/c1-7(2)11(16)13-10-8-5-3-4-6-9(8)12(17)15-14-10/h3-7H,1-2H3,(H,15,17)(H,13,14,16). The van der Waals surface area contributed by atoms with Crippen molar-refractivity contribution in [1.82, 2.24) is 10.2 Å². The maximum Gasteiger partial charge on any atom is 0.272 e. The van der Waals surface area contributed by atoms with Gasteiger partial charge in [0.25, 0.3) is 5.56 Å². The van der Waals surface area contributed by atoms with Gasteiger partial charge in [-0.05, 0) is 6.07 Å². The molecule has 0 atom stereocenters. The smallest absolute Gasteiger partial charge is 0.272 e. The quantitative estimate of drug-likeness (QED) is 0.822. The monoisotopic (exact) mass is 231 g/mol. The van der Waals surface area contributed by atoms with Crippen LogP contribution in [0.25, 0.3) is 10.8 Å². The number of nitrogens with zero attached hydrogens (tertiary/aromatic N) is 1. The van der Waals surface area contributed by atoms with Crippen molar-refractivity contribution in [2.45, 2.75) is 13.8 Å². The largest absolute Gasteiger partial charge is 0.309 e. The summed E-state index contributed by atoms with van der Waals surface area (Å²) in [5.74, 6) is 0.121. The molecule has 0 bridgehead atoms. The van der Waals surface area contributed by atoms with E-state index in [0.29, 0.717) is 16.6 Å². The number of H-pyrrole nitrogens is 1. The first kappa shape index (κ1) is 11.3. The summed E-state index contributed by atoms with van der Waals surface area (Å²) in [5.41, 5.74) is -0.261. The summed E-state index contributed by atoms with van der Waals surface area (Å²) < 4.78 is 0. The van der Waals surface area contributed by atoms with Crippen molar-refractivity contribution in [3.63, 3.8) is 0 Å². The van der Waals surface area contributed by atoms with Gasteiger partial charge in [0, 0.05) is 11.3 Å². The van der Waals surface area contributed by atoms with Gasteiger partial charge in [-0.3, -0.25) is 9.59 Å². The van der Waals surface area contributed by atoms with Gasteiger partial charge in [0.15, 0.2) is 5.82 Å². The molecule has 2 rings (SSSR count). The Morgan fingerprint density at radius 3 is 2.59 bits per heavy atom. The topological polar surface area (TPSA) is 74.8 Å². The zero-order valence-corrected chi connectivity index (χ0v) is 9.65. The van der Waals surface area contributed by atoms with Crippen LogP contribution in [0.5, 0.6) is 0 Å². The molecule has 0 aliphatic heterocycles. The summed E-state index contributed by atoms with van der Waals surface area (Å²) in [5, 5.41) is 10.1. The van der Waals surface area contributed by atoms with E-state index in [4.69, 9.17) is 0 Å². The second kappa shape index (κ2) is 4.37. The molecular weight excluding hydrogens is 218 g/mol. The van der Waals surface area contributed by atoms with Gasteiger partial charge in [-0.15, -0.1) is 0 Å². The van der Waals surface area contributed by atoms with Gasteiger partial charge in [0.2, 0.25) is 5.91 Å². The Hall–Kier alpha value is -2.17. The van der Waals surface area contributed by atoms with E-state index < -0.39 is 0 Å². The molecule has 2 N–H and O–H groups in total. The van der Waals surface area contributed by atoms with Crippen LogP contribution >= 0.6 is 0 Å². The van der Waals surface area contributed by atoms with E-state index in [1.165, 1.54) is 0 Å². The highest BCUT2D eigenvalue weighted by Gasteiger charge is 2.11. The Labute approximate surface area is 97.9 Å². The summed E-state index contributed by atoms with van der Waals surface area (Å²) in [7, 11) is 0. The number of rotatable bonds is 2. The number of aromatic nitrogens is 2. The fourth-order valence-corrected chi connectivity index (χ4v) is 1.47. The number of hydrogen-bond acceptors (Lipinski definition) is 3. The number of benzene rings is 1. The zero-order chi connectivity index (χ0) is 12.4. The average Bonchev–Trinajstić information content (AvgIpc) is 2.33. The van der Waals surface area contributed by atoms with Crippen LogP contribution in [-0.4, -0.2) is 16.1 Å². The van der Waals surface area contributed by atoms with Crippen molar-refractivity contribution >= 4 is 22.5 Å². The number of carbonyl (C=O) groups is 1. The molecule has 0 radical (unpaired) electrons. The highest BCUT2D eigenvalue weighted by atomic mass is 16.2. The molecule has 1 aromatic carbocycles. The highest BCUT2D eigenvalue weighted by Crippen LogP contribution is 2.17. The van der Waals surface area contributed by atoms with E-state index in [9.17, 15) is 9.59 Å². The summed E-state index contributed by atoms with van der Waals surface area (Å²) in [6.07, 6.45) is 0. The van der Waals surface area contributed by atoms with Gasteiger partial charge in [0.05, 0.1) is 5.39 Å². The molecule has 0 spiro atoms. The molecule has 0 aliphatic rings. The van der Waals surface area contributed by atoms with Gasteiger partial charge >= 0.3 is 0 Å². The Bertz CT molecular complexity index is 616. The lowest BCUT2D eigenvalue weighted by Crippen LogP contribution is -2.20. The second-order valence-corrected chi connectivity index (χ2v) is 4.09. The van der Waals surface area contributed by atoms with E-state index in [1.807, 2.05) is 0 Å². The molecule has 2 aromatic rings. The van der Waals surface area contributed by atoms with E-state index in [-0.39, 0.29) is 17.4 Å². The van der Waals surface area contributed by atoms with Crippen molar-refractivity contribution in [3.05, 3.63) is 34.6 Å². The van der Waals surface area contributed by atoms with Crippen molar-refractivity contribution in [1.29, 1.82) is 0 Å². The van der Waals surface area contributed by atoms with Crippen LogP contribution in [0.2, 0.25) is 0 Å². The number of carbonyl (C=O) groups excluding carboxylic acids is 1. The van der Waals surface area contributed by atoms with Gasteiger partial charge in [0.1, 0.15) is 0 Å². The first-order chi connectivity index (χ1) is 8.09. The van der Waals surface area contributed by atoms with Crippen LogP contribution in [0, 0.1) is 5.92 Å². The Morgan fingerprint density at radius 2 is 1.94 bits per heavy atom. The number of nitrogens with one attached hydrogen (secondary N) is 2. The fraction of sp³-hybridized carbons (Fsp3) is 0.250. The van der Waals surface area contributed by atoms with Crippen LogP contribution in [0.3, 0.4) is 0 Å². The summed E-state index contributed by atoms with van der Waals surface area (Å²) >= 11 is 0. The third-order valence-corrected chi connectivity index (χ3v) is 2.46. The van der Waals surface area contributed by atoms with E-state index >= 15 is 0 Å². The second-order valence-electron chi connectivity index (χ2n) is 4.09. The Kier molecular flexibility index (Phi) is 2.91. The van der Waals surface area contributed by atoms with Gasteiger partial charge in [-0.25, -0.2) is 5.10 Å². The molecule has 0 saturated carbocycles. The molecule has 1 heterocycles. The molecule has 0 aliphatic carbocycles. The van der Waals surface area contributed by atoms with Crippen LogP contribution in [-0.2, 0) is 4.79 Å². The minimum absolute atomic E-state index is 0.130. The molecular formula is C12H13N3O2. The molecule has 0 saturated heterocycles. The number of anilines is 1. The van der Waals surface area contributed by atoms with E-state index in [0.717, 1.165) is 0 Å². The lowest BCUT2D eigenvalue weighted by molar-refractivity contribution is -0.118. The minimum Gasteiger partial charge on any atom is -0.309 e. The normalized spacial score (nSPS) is 10.8. The molecule has 1 aromatic heterocycles. The summed E-state index contributed by atoms with van der Waals surface area (Å²) in [6.45, 7) is 3.59. The SMILES string of the molecule is CC(C)C(=O)Nc1n[nH]c(=O)c2ccccc12. The van der Waals surface area contributed by atoms with Crippen molar-refractivity contribution in [3.8, 4) is 0 Å². The molecule has 5 heteroatoms. The first-order valence-electron chi connectivity index (χ1n) is 5.38. The van der Waals surface area contributed by atoms with Crippen LogP contribution in [0.1, 0.15) is 13.8 Å². The predicted molar refractivity (Wildman–Crippen MR) is 65.8 cm³/mol. The predicted octanol–water partition coefficient (Wildman–Crippen LogP) is 1.52. The molecule has 0 fully saturated rings. The Balaban J connectivity index is 2.52. The average molecular weight is 231 g/mol. The molecule has 88 valence electrons. The lowest BCUT2D eigenvalue weighted by atomic mass is 10.1. The maximum atomic E-state index is 11.6. The highest BCUT2D eigenvalue weighted by molar-refractivity contribution is 6.00. The number of hydrogen-bond donors (Lipinski definition) is 2. The van der Waals surface area contributed by atoms with Crippen LogP contribution in [0.15, 0.2) is 29.1 Å². The van der Waals surface area contributed by atoms with E-state index in [1.54, 1.807) is 38.1 Å². The lowest BCUT2D eigenvalue weighted by Gasteiger charge is -2.08. The Morgan fingerprint density at radius 1 is 1.29 bits per heavy atom. The third-order valence-electron chi connectivity index (χ3n) is 2.46. The fourth-order valence-electron chi connectivity index (χ4n) is 1.47. The third kappa shape index (κ3) is 2.18. The summed E-state index contributed by atoms with van der Waals surface area (Å²) in [6, 6.07) is 7.02. The zero-order valence-electron chi connectivity index (χ0n) is 9.65. The van der Waals surface area contributed by atoms with Gasteiger partial charge in [-0.1, -0.05) is 32.0 Å². The van der Waals surface area contributed by atoms with Crippen molar-refractivity contribution in [2.75, 3.05) is 5.32 Å². The number of fused-ring (bicyclic) bond motifs is 1. The summed E-state index contributed by atoms with van der Waals surface area (Å²) in [4.78, 5) is 23.1. The maximum absolute atomic E-state index is 11.6. The molecule has 1 amide bonds. The molecule has 17 heavy (non-hydrogen) atoms. The minimum atomic E-state index is -0.261. The number of amides is 1. The van der Waals surface area contributed by atoms with Crippen LogP contribution < -0.4 is 10.9 Å². The molecule has 5 nitrogen and oxygen atoms in total. The van der Waals surface area contributed by atoms with E-state index in [2.05, 4.69) is 15.5 Å². The number of aromatic amines is 1. The first-order valence-corrected chi connectivity index (χ1v) is 5.38. The van der Waals surface area contributed by atoms with Gasteiger partial charge < -0.3 is 5.32 Å². The molecule has 0 unspecified atom stereocenters. The van der Waals surface area contributed by atoms with Crippen molar-refractivity contribution in [2.24, 2.45) is 5.92 Å². The van der Waals surface area contributed by atoms with Crippen molar-refractivity contribution < 1.29 is 4.79 Å². The van der Waals surface area contributed by atoms with Crippen LogP contribution in [0.4, 0.5) is 5.82 Å². The van der Waals surface area contributed by atoms with Gasteiger partial charge in [-0.2, -0.15) is 5.10 Å².